The molecule has 4 aliphatic carbocycles. The van der Waals surface area contributed by atoms with E-state index in [1.54, 1.807) is 0 Å². The summed E-state index contributed by atoms with van der Waals surface area (Å²) in [4.78, 5) is 27.0. The lowest BCUT2D eigenvalue weighted by atomic mass is 9.34. The fraction of sp³-hybridized carbons (Fsp3) is 0.882. The van der Waals surface area contributed by atoms with Crippen molar-refractivity contribution in [1.82, 2.24) is 0 Å². The van der Waals surface area contributed by atoms with Gasteiger partial charge in [0.1, 0.15) is 6.10 Å². The predicted molar refractivity (Wildman–Crippen MR) is 155 cm³/mol. The zero-order chi connectivity index (χ0) is 30.2. The van der Waals surface area contributed by atoms with Crippen molar-refractivity contribution in [2.24, 2.45) is 39.4 Å². The molecule has 232 valence electrons. The van der Waals surface area contributed by atoms with E-state index in [4.69, 9.17) is 14.2 Å². The van der Waals surface area contributed by atoms with Crippen LogP contribution in [0.4, 0.5) is 0 Å². The smallest absolute Gasteiger partial charge is 0.337 e. The first-order valence-electron chi connectivity index (χ1n) is 16.3. The van der Waals surface area contributed by atoms with Gasteiger partial charge in [0, 0.05) is 24.5 Å². The molecule has 0 amide bonds. The molecule has 0 spiro atoms. The van der Waals surface area contributed by atoms with Gasteiger partial charge in [-0.05, 0) is 85.9 Å². The van der Waals surface area contributed by atoms with Crippen molar-refractivity contribution < 1.29 is 34.0 Å². The Morgan fingerprint density at radius 2 is 1.68 bits per heavy atom. The number of hydrogen-bond acceptors (Lipinski definition) is 7. The van der Waals surface area contributed by atoms with Gasteiger partial charge in [-0.2, -0.15) is 0 Å². The number of hydrogen-bond donors (Lipinski definition) is 2. The molecule has 0 bridgehead atoms. The Bertz CT molecular complexity index is 1100. The van der Waals surface area contributed by atoms with Gasteiger partial charge in [-0.1, -0.05) is 54.4 Å². The van der Waals surface area contributed by atoms with Crippen LogP contribution in [0.15, 0.2) is 11.1 Å². The molecule has 0 radical (unpaired) electrons. The van der Waals surface area contributed by atoms with Crippen LogP contribution in [0, 0.1) is 39.4 Å². The Hall–Kier alpha value is -1.44. The number of carbonyl (C=O) groups is 2. The summed E-state index contributed by atoms with van der Waals surface area (Å²) in [5, 5.41) is 21.6. The monoisotopic (exact) mass is 574 g/mol. The standard InChI is InChI=1S/C34H54O7/c1-9-20(35)17-26(36)40-25-19-23-31(5)15-12-14-30(4,10-2)22(31)13-16-32(23,6)24-18-21(39-11-3)27-28(33(24,25)7)29(37)41-34(27,8)38/h20-25,35,38H,9-19H2,1-8H3/t20?,21-,22+,23-,24+,25+,30+,31+,32-,33-,34?/m1/s1. The molecule has 7 nitrogen and oxygen atoms in total. The molecule has 3 fully saturated rings. The lowest BCUT2D eigenvalue weighted by Gasteiger charge is -2.70. The SMILES string of the molecule is CCO[C@@H]1C[C@H]2[C@]3(C)CC[C@H]4[C@@](C)(CC)CCC[C@]4(C)[C@H]3C[C@H](OC(=O)CC(O)CC)[C@]2(C)C2=C1C(C)(O)OC2=O. The summed E-state index contributed by atoms with van der Waals surface area (Å²) >= 11 is 0. The first-order valence-corrected chi connectivity index (χ1v) is 16.3. The molecule has 2 unspecified atom stereocenters. The van der Waals surface area contributed by atoms with Crippen molar-refractivity contribution >= 4 is 11.9 Å². The molecule has 5 aliphatic rings. The van der Waals surface area contributed by atoms with Crippen molar-refractivity contribution in [2.45, 2.75) is 144 Å². The van der Waals surface area contributed by atoms with Crippen LogP contribution in [0.3, 0.4) is 0 Å². The van der Waals surface area contributed by atoms with Crippen LogP contribution < -0.4 is 0 Å². The second-order valence-corrected chi connectivity index (χ2v) is 15.2. The molecule has 5 rings (SSSR count). The van der Waals surface area contributed by atoms with Gasteiger partial charge in [0.15, 0.2) is 0 Å². The number of fused-ring (bicyclic) bond motifs is 6. The van der Waals surface area contributed by atoms with Crippen LogP contribution in [0.2, 0.25) is 0 Å². The summed E-state index contributed by atoms with van der Waals surface area (Å²) < 4.78 is 18.3. The first-order chi connectivity index (χ1) is 19.1. The molecular formula is C34H54O7. The maximum Gasteiger partial charge on any atom is 0.337 e. The highest BCUT2D eigenvalue weighted by molar-refractivity contribution is 5.95. The van der Waals surface area contributed by atoms with Gasteiger partial charge in [-0.15, -0.1) is 0 Å². The fourth-order valence-electron chi connectivity index (χ4n) is 11.1. The molecule has 7 heteroatoms. The zero-order valence-electron chi connectivity index (χ0n) is 26.7. The Morgan fingerprint density at radius 1 is 1.00 bits per heavy atom. The van der Waals surface area contributed by atoms with Crippen LogP contribution in [-0.2, 0) is 23.8 Å². The van der Waals surface area contributed by atoms with Gasteiger partial charge in [-0.3, -0.25) is 4.79 Å². The second-order valence-electron chi connectivity index (χ2n) is 15.2. The topological polar surface area (TPSA) is 102 Å². The quantitative estimate of drug-likeness (QED) is 0.355. The minimum absolute atomic E-state index is 0.00742. The summed E-state index contributed by atoms with van der Waals surface area (Å²) in [7, 11) is 0. The summed E-state index contributed by atoms with van der Waals surface area (Å²) in [5.74, 6) is -1.84. The van der Waals surface area contributed by atoms with Crippen molar-refractivity contribution in [3.05, 3.63) is 11.1 Å². The number of carbonyl (C=O) groups excluding carboxylic acids is 2. The van der Waals surface area contributed by atoms with Crippen LogP contribution >= 0.6 is 0 Å². The molecule has 2 N–H and O–H groups in total. The van der Waals surface area contributed by atoms with Crippen LogP contribution in [0.25, 0.3) is 0 Å². The van der Waals surface area contributed by atoms with E-state index in [-0.39, 0.29) is 28.6 Å². The van der Waals surface area contributed by atoms with E-state index < -0.39 is 41.5 Å². The third-order valence-electron chi connectivity index (χ3n) is 13.2. The van der Waals surface area contributed by atoms with E-state index in [0.29, 0.717) is 48.9 Å². The van der Waals surface area contributed by atoms with Crippen LogP contribution in [0.1, 0.15) is 120 Å². The van der Waals surface area contributed by atoms with Gasteiger partial charge >= 0.3 is 11.9 Å². The maximum absolute atomic E-state index is 13.7. The van der Waals surface area contributed by atoms with E-state index in [1.807, 2.05) is 13.8 Å². The third-order valence-corrected chi connectivity index (χ3v) is 13.2. The molecule has 41 heavy (non-hydrogen) atoms. The number of aliphatic hydroxyl groups is 2. The van der Waals surface area contributed by atoms with E-state index in [1.165, 1.54) is 19.8 Å². The number of rotatable bonds is 7. The molecule has 0 aromatic heterocycles. The third kappa shape index (κ3) is 4.46. The highest BCUT2D eigenvalue weighted by Gasteiger charge is 2.72. The lowest BCUT2D eigenvalue weighted by molar-refractivity contribution is -0.233. The summed E-state index contributed by atoms with van der Waals surface area (Å²) in [6, 6.07) is 0. The van der Waals surface area contributed by atoms with E-state index in [2.05, 4.69) is 34.6 Å². The average Bonchev–Trinajstić information content (AvgIpc) is 3.15. The predicted octanol–water partition coefficient (Wildman–Crippen LogP) is 6.10. The zero-order valence-corrected chi connectivity index (χ0v) is 26.7. The fourth-order valence-corrected chi connectivity index (χ4v) is 11.1. The highest BCUT2D eigenvalue weighted by Crippen LogP contribution is 2.74. The van der Waals surface area contributed by atoms with Crippen molar-refractivity contribution in [2.75, 3.05) is 6.61 Å². The molecule has 0 saturated heterocycles. The van der Waals surface area contributed by atoms with Gasteiger partial charge < -0.3 is 24.4 Å². The normalized spacial score (nSPS) is 48.0. The Balaban J connectivity index is 1.67. The molecule has 1 heterocycles. The minimum Gasteiger partial charge on any atom is -0.461 e. The largest absolute Gasteiger partial charge is 0.461 e. The van der Waals surface area contributed by atoms with Crippen molar-refractivity contribution in [3.63, 3.8) is 0 Å². The number of cyclic esters (lactones) is 1. The molecule has 3 saturated carbocycles. The molecular weight excluding hydrogens is 520 g/mol. The van der Waals surface area contributed by atoms with E-state index in [9.17, 15) is 19.8 Å². The number of aliphatic hydroxyl groups excluding tert-OH is 1. The summed E-state index contributed by atoms with van der Waals surface area (Å²) in [5.41, 5.74) is 0.361. The molecule has 1 aliphatic heterocycles. The first kappa shape index (κ1) is 31.0. The van der Waals surface area contributed by atoms with Gasteiger partial charge in [0.2, 0.25) is 5.79 Å². The van der Waals surface area contributed by atoms with Gasteiger partial charge in [0.25, 0.3) is 0 Å². The Labute approximate surface area is 246 Å². The van der Waals surface area contributed by atoms with Crippen molar-refractivity contribution in [3.8, 4) is 0 Å². The minimum atomic E-state index is -1.76. The second kappa shape index (κ2) is 10.3. The van der Waals surface area contributed by atoms with Crippen LogP contribution in [0.5, 0.6) is 0 Å². The van der Waals surface area contributed by atoms with E-state index >= 15 is 0 Å². The van der Waals surface area contributed by atoms with Gasteiger partial charge in [-0.25, -0.2) is 4.79 Å². The van der Waals surface area contributed by atoms with E-state index in [0.717, 1.165) is 25.7 Å². The molecule has 0 aromatic rings. The molecule has 11 atom stereocenters. The summed E-state index contributed by atoms with van der Waals surface area (Å²) in [6.07, 6.45) is 6.91. The Morgan fingerprint density at radius 3 is 2.32 bits per heavy atom. The van der Waals surface area contributed by atoms with Crippen molar-refractivity contribution in [1.29, 1.82) is 0 Å². The average molecular weight is 575 g/mol. The van der Waals surface area contributed by atoms with Crippen LogP contribution in [-0.4, -0.2) is 52.9 Å². The Kier molecular flexibility index (Phi) is 7.81. The summed E-state index contributed by atoms with van der Waals surface area (Å²) in [6.45, 7) is 17.6. The maximum atomic E-state index is 13.7. The lowest BCUT2D eigenvalue weighted by Crippen LogP contribution is -2.67. The number of esters is 2. The van der Waals surface area contributed by atoms with Gasteiger partial charge in [0.05, 0.1) is 24.2 Å². The number of ether oxygens (including phenoxy) is 3. The molecule has 0 aromatic carbocycles. The highest BCUT2D eigenvalue weighted by atomic mass is 16.7.